The van der Waals surface area contributed by atoms with E-state index in [0.717, 1.165) is 47.8 Å². The Morgan fingerprint density at radius 2 is 1.76 bits per heavy atom. The van der Waals surface area contributed by atoms with Gasteiger partial charge in [0.2, 0.25) is 5.95 Å². The molecule has 29 heavy (non-hydrogen) atoms. The Balaban J connectivity index is 1.48. The number of halogens is 3. The molecule has 2 fully saturated rings. The molecule has 152 valence electrons. The molecule has 0 atom stereocenters. The molecule has 3 aromatic rings. The minimum Gasteiger partial charge on any atom is -0.338 e. The average Bonchev–Trinajstić information content (AvgIpc) is 3.46. The second kappa shape index (κ2) is 6.98. The maximum atomic E-state index is 12.7. The highest BCUT2D eigenvalue weighted by Crippen LogP contribution is 2.31. The summed E-state index contributed by atoms with van der Waals surface area (Å²) in [4.78, 5) is 14.2. The van der Waals surface area contributed by atoms with Crippen molar-refractivity contribution in [2.75, 3.05) is 31.1 Å². The summed E-state index contributed by atoms with van der Waals surface area (Å²) in [6, 6.07) is 8.32. The molecule has 6 nitrogen and oxygen atoms in total. The first-order chi connectivity index (χ1) is 14.0. The molecule has 1 saturated heterocycles. The van der Waals surface area contributed by atoms with Crippen molar-refractivity contribution in [3.8, 4) is 11.3 Å². The van der Waals surface area contributed by atoms with Gasteiger partial charge in [-0.2, -0.15) is 18.3 Å². The standard InChI is InChI=1S/C20H21F3N6/c21-20(22,23)13-29-12-14(11-24-29)18-16-3-1-2-4-17(16)25-19(26-18)28-9-7-27(8-10-28)15-5-6-15/h1-4,11-12,15H,5-10,13H2. The van der Waals surface area contributed by atoms with Gasteiger partial charge in [0.1, 0.15) is 6.54 Å². The predicted octanol–water partition coefficient (Wildman–Crippen LogP) is 3.34. The fourth-order valence-electron chi connectivity index (χ4n) is 3.91. The molecule has 0 amide bonds. The number of anilines is 1. The van der Waals surface area contributed by atoms with Crippen molar-refractivity contribution in [3.05, 3.63) is 36.7 Å². The number of piperazine rings is 1. The van der Waals surface area contributed by atoms with Gasteiger partial charge in [-0.25, -0.2) is 9.97 Å². The molecule has 1 saturated carbocycles. The Kier molecular flexibility index (Phi) is 4.42. The smallest absolute Gasteiger partial charge is 0.338 e. The lowest BCUT2D eigenvalue weighted by atomic mass is 10.1. The Morgan fingerprint density at radius 3 is 2.48 bits per heavy atom. The molecule has 1 aliphatic carbocycles. The number of fused-ring (bicyclic) bond motifs is 1. The fourth-order valence-corrected chi connectivity index (χ4v) is 3.91. The second-order valence-corrected chi connectivity index (χ2v) is 7.69. The molecular weight excluding hydrogens is 381 g/mol. The zero-order valence-corrected chi connectivity index (χ0v) is 15.8. The van der Waals surface area contributed by atoms with Crippen molar-refractivity contribution in [1.82, 2.24) is 24.6 Å². The highest BCUT2D eigenvalue weighted by Gasteiger charge is 2.32. The molecule has 0 N–H and O–H groups in total. The second-order valence-electron chi connectivity index (χ2n) is 7.69. The molecule has 9 heteroatoms. The monoisotopic (exact) mass is 402 g/mol. The summed E-state index contributed by atoms with van der Waals surface area (Å²) in [6.45, 7) is 2.55. The Morgan fingerprint density at radius 1 is 1.00 bits per heavy atom. The van der Waals surface area contributed by atoms with Gasteiger partial charge < -0.3 is 4.90 Å². The molecule has 2 aliphatic rings. The van der Waals surface area contributed by atoms with Crippen LogP contribution in [0.15, 0.2) is 36.7 Å². The van der Waals surface area contributed by atoms with E-state index in [9.17, 15) is 13.2 Å². The van der Waals surface area contributed by atoms with Gasteiger partial charge in [-0.3, -0.25) is 9.58 Å². The topological polar surface area (TPSA) is 50.1 Å². The van der Waals surface area contributed by atoms with Crippen LogP contribution in [-0.4, -0.2) is 63.0 Å². The third-order valence-corrected chi connectivity index (χ3v) is 5.50. The largest absolute Gasteiger partial charge is 0.408 e. The maximum Gasteiger partial charge on any atom is 0.408 e. The zero-order chi connectivity index (χ0) is 20.0. The van der Waals surface area contributed by atoms with Crippen LogP contribution < -0.4 is 4.90 Å². The molecular formula is C20H21F3N6. The number of nitrogens with zero attached hydrogens (tertiary/aromatic N) is 6. The van der Waals surface area contributed by atoms with E-state index in [1.165, 1.54) is 25.2 Å². The zero-order valence-electron chi connectivity index (χ0n) is 15.8. The Labute approximate surface area is 166 Å². The highest BCUT2D eigenvalue weighted by atomic mass is 19.4. The quantitative estimate of drug-likeness (QED) is 0.670. The van der Waals surface area contributed by atoms with Crippen LogP contribution in [-0.2, 0) is 6.54 Å². The van der Waals surface area contributed by atoms with Crippen molar-refractivity contribution >= 4 is 16.9 Å². The summed E-state index contributed by atoms with van der Waals surface area (Å²) >= 11 is 0. The fraction of sp³-hybridized carbons (Fsp3) is 0.450. The van der Waals surface area contributed by atoms with Crippen molar-refractivity contribution in [2.45, 2.75) is 31.6 Å². The van der Waals surface area contributed by atoms with E-state index in [1.807, 2.05) is 24.3 Å². The molecule has 0 bridgehead atoms. The van der Waals surface area contributed by atoms with Crippen molar-refractivity contribution in [3.63, 3.8) is 0 Å². The molecule has 1 aromatic carbocycles. The minimum atomic E-state index is -4.32. The van der Waals surface area contributed by atoms with Gasteiger partial charge in [-0.05, 0) is 18.9 Å². The summed E-state index contributed by atoms with van der Waals surface area (Å²) < 4.78 is 39.0. The predicted molar refractivity (Wildman–Crippen MR) is 104 cm³/mol. The van der Waals surface area contributed by atoms with Gasteiger partial charge >= 0.3 is 6.18 Å². The summed E-state index contributed by atoms with van der Waals surface area (Å²) in [7, 11) is 0. The number of aromatic nitrogens is 4. The van der Waals surface area contributed by atoms with Crippen LogP contribution in [0.2, 0.25) is 0 Å². The van der Waals surface area contributed by atoms with Gasteiger partial charge in [0.05, 0.1) is 17.4 Å². The normalized spacial score (nSPS) is 18.5. The van der Waals surface area contributed by atoms with Crippen molar-refractivity contribution in [2.24, 2.45) is 0 Å². The third-order valence-electron chi connectivity index (χ3n) is 5.50. The van der Waals surface area contributed by atoms with Gasteiger partial charge in [0.15, 0.2) is 0 Å². The summed E-state index contributed by atoms with van der Waals surface area (Å²) in [5, 5.41) is 4.68. The SMILES string of the molecule is FC(F)(F)Cn1cc(-c2nc(N3CCN(C4CC4)CC3)nc3ccccc23)cn1. The molecule has 2 aromatic heterocycles. The van der Waals surface area contributed by atoms with Crippen LogP contribution in [0.1, 0.15) is 12.8 Å². The highest BCUT2D eigenvalue weighted by molar-refractivity contribution is 5.92. The molecule has 1 aliphatic heterocycles. The maximum absolute atomic E-state index is 12.7. The van der Waals surface area contributed by atoms with E-state index in [0.29, 0.717) is 17.2 Å². The van der Waals surface area contributed by atoms with Crippen LogP contribution in [0, 0.1) is 0 Å². The summed E-state index contributed by atoms with van der Waals surface area (Å²) in [5.41, 5.74) is 1.95. The first-order valence-electron chi connectivity index (χ1n) is 9.82. The molecule has 3 heterocycles. The Bertz CT molecular complexity index is 1020. The van der Waals surface area contributed by atoms with Crippen LogP contribution in [0.4, 0.5) is 19.1 Å². The average molecular weight is 402 g/mol. The number of benzene rings is 1. The first-order valence-corrected chi connectivity index (χ1v) is 9.82. The van der Waals surface area contributed by atoms with Gasteiger partial charge in [-0.15, -0.1) is 0 Å². The Hall–Kier alpha value is -2.68. The summed E-state index contributed by atoms with van der Waals surface area (Å²) in [6.07, 6.45) is 1.10. The van der Waals surface area contributed by atoms with Crippen LogP contribution in [0.5, 0.6) is 0 Å². The number of hydrogen-bond donors (Lipinski definition) is 0. The third kappa shape index (κ3) is 3.91. The van der Waals surface area contributed by atoms with Crippen molar-refractivity contribution < 1.29 is 13.2 Å². The van der Waals surface area contributed by atoms with Gasteiger partial charge in [0, 0.05) is 49.4 Å². The molecule has 0 radical (unpaired) electrons. The number of para-hydroxylation sites is 1. The minimum absolute atomic E-state index is 0.561. The lowest BCUT2D eigenvalue weighted by Gasteiger charge is -2.35. The van der Waals surface area contributed by atoms with E-state index in [-0.39, 0.29) is 0 Å². The first kappa shape index (κ1) is 18.4. The van der Waals surface area contributed by atoms with E-state index < -0.39 is 12.7 Å². The van der Waals surface area contributed by atoms with E-state index >= 15 is 0 Å². The van der Waals surface area contributed by atoms with Crippen LogP contribution in [0.3, 0.4) is 0 Å². The lowest BCUT2D eigenvalue weighted by Crippen LogP contribution is -2.47. The van der Waals surface area contributed by atoms with E-state index in [2.05, 4.69) is 14.9 Å². The number of hydrogen-bond acceptors (Lipinski definition) is 5. The number of rotatable bonds is 4. The van der Waals surface area contributed by atoms with Crippen LogP contribution in [0.25, 0.3) is 22.2 Å². The van der Waals surface area contributed by atoms with Crippen LogP contribution >= 0.6 is 0 Å². The van der Waals surface area contributed by atoms with Gasteiger partial charge in [-0.1, -0.05) is 18.2 Å². The van der Waals surface area contributed by atoms with Gasteiger partial charge in [0.25, 0.3) is 0 Å². The molecule has 0 unspecified atom stereocenters. The summed E-state index contributed by atoms with van der Waals surface area (Å²) in [5.74, 6) is 0.623. The van der Waals surface area contributed by atoms with Crippen molar-refractivity contribution in [1.29, 1.82) is 0 Å². The molecule has 0 spiro atoms. The number of alkyl halides is 3. The van der Waals surface area contributed by atoms with E-state index in [1.54, 1.807) is 0 Å². The molecule has 5 rings (SSSR count). The lowest BCUT2D eigenvalue weighted by molar-refractivity contribution is -0.142. The van der Waals surface area contributed by atoms with E-state index in [4.69, 9.17) is 9.97 Å².